The molecule has 1 atom stereocenters. The Morgan fingerprint density at radius 2 is 1.73 bits per heavy atom. The number of nitrogens with one attached hydrogen (secondary N) is 1. The lowest BCUT2D eigenvalue weighted by molar-refractivity contribution is -0.170. The summed E-state index contributed by atoms with van der Waals surface area (Å²) in [5.74, 6) is -2.32. The number of amides is 1. The molecule has 2 aromatic carbocycles. The summed E-state index contributed by atoms with van der Waals surface area (Å²) < 4.78 is 41.7. The zero-order valence-electron chi connectivity index (χ0n) is 18.0. The second kappa shape index (κ2) is 8.48. The first-order valence-electron chi connectivity index (χ1n) is 10.4. The van der Waals surface area contributed by atoms with Crippen LogP contribution in [0.3, 0.4) is 0 Å². The first kappa shape index (κ1) is 23.3. The Hall–Kier alpha value is -2.87. The number of carbonyl (C=O) groups is 2. The Kier molecular flexibility index (Phi) is 5.99. The van der Waals surface area contributed by atoms with Crippen LogP contribution >= 0.6 is 15.9 Å². The van der Waals surface area contributed by atoms with E-state index in [2.05, 4.69) is 21.2 Å². The summed E-state index contributed by atoms with van der Waals surface area (Å²) in [5, 5.41) is 3.18. The SMILES string of the molecule is CC1(C)CC(=O)C2=C(C1)Nc1ccccc1N(C(=O)C(F)(F)F)C2C(Br)=Cc1ccccc1. The van der Waals surface area contributed by atoms with Gasteiger partial charge in [0.2, 0.25) is 0 Å². The molecule has 2 aliphatic rings. The minimum atomic E-state index is -5.13. The summed E-state index contributed by atoms with van der Waals surface area (Å²) in [4.78, 5) is 26.9. The number of nitrogens with zero attached hydrogens (tertiary/aromatic N) is 1. The van der Waals surface area contributed by atoms with Crippen LogP contribution in [0.2, 0.25) is 0 Å². The Morgan fingerprint density at radius 1 is 1.09 bits per heavy atom. The van der Waals surface area contributed by atoms with E-state index in [1.54, 1.807) is 48.5 Å². The molecule has 0 radical (unpaired) electrons. The third-order valence-electron chi connectivity index (χ3n) is 5.73. The van der Waals surface area contributed by atoms with E-state index in [1.165, 1.54) is 6.07 Å². The maximum Gasteiger partial charge on any atom is 0.471 e. The van der Waals surface area contributed by atoms with E-state index in [4.69, 9.17) is 0 Å². The Labute approximate surface area is 198 Å². The predicted molar refractivity (Wildman–Crippen MR) is 126 cm³/mol. The van der Waals surface area contributed by atoms with Gasteiger partial charge in [0, 0.05) is 22.2 Å². The lowest BCUT2D eigenvalue weighted by Crippen LogP contribution is -2.50. The van der Waals surface area contributed by atoms with Crippen LogP contribution < -0.4 is 10.2 Å². The van der Waals surface area contributed by atoms with E-state index < -0.39 is 18.1 Å². The molecule has 1 heterocycles. The van der Waals surface area contributed by atoms with Crippen LogP contribution in [0.25, 0.3) is 6.08 Å². The van der Waals surface area contributed by atoms with E-state index in [-0.39, 0.29) is 33.4 Å². The number of hydrogen-bond donors (Lipinski definition) is 1. The molecule has 0 spiro atoms. The highest BCUT2D eigenvalue weighted by Crippen LogP contribution is 2.47. The van der Waals surface area contributed by atoms with Gasteiger partial charge < -0.3 is 5.32 Å². The Morgan fingerprint density at radius 3 is 2.39 bits per heavy atom. The summed E-state index contributed by atoms with van der Waals surface area (Å²) in [6.45, 7) is 3.88. The van der Waals surface area contributed by atoms with Gasteiger partial charge in [-0.05, 0) is 35.6 Å². The van der Waals surface area contributed by atoms with E-state index in [1.807, 2.05) is 19.9 Å². The Balaban J connectivity index is 2.00. The molecular formula is C25H22BrF3N2O2. The number of ketones is 1. The average Bonchev–Trinajstić information content (AvgIpc) is 2.86. The fourth-order valence-electron chi connectivity index (χ4n) is 4.40. The number of halogens is 4. The standard InChI is InChI=1S/C25H22BrF3N2O2/c1-24(2)13-18-21(20(32)14-24)22(16(26)12-15-8-4-3-5-9-15)31(23(33)25(27,28)29)19-11-7-6-10-17(19)30-18/h3-12,22,30H,13-14H2,1-2H3. The van der Waals surface area contributed by atoms with Crippen LogP contribution in [-0.2, 0) is 9.59 Å². The molecule has 1 unspecified atom stereocenters. The molecule has 0 saturated heterocycles. The van der Waals surface area contributed by atoms with Crippen molar-refractivity contribution >= 4 is 45.1 Å². The van der Waals surface area contributed by atoms with Gasteiger partial charge in [0.05, 0.1) is 17.4 Å². The smallest absolute Gasteiger partial charge is 0.357 e. The lowest BCUT2D eigenvalue weighted by Gasteiger charge is -2.37. The van der Waals surface area contributed by atoms with Crippen LogP contribution in [0.15, 0.2) is 70.3 Å². The molecule has 0 bridgehead atoms. The summed E-state index contributed by atoms with van der Waals surface area (Å²) >= 11 is 3.44. The fraction of sp³-hybridized carbons (Fsp3) is 0.280. The van der Waals surface area contributed by atoms with E-state index in [0.717, 1.165) is 5.56 Å². The first-order chi connectivity index (χ1) is 15.5. The zero-order valence-corrected chi connectivity index (χ0v) is 19.6. The zero-order chi connectivity index (χ0) is 24.0. The van der Waals surface area contributed by atoms with Crippen molar-refractivity contribution in [2.45, 2.75) is 38.9 Å². The average molecular weight is 519 g/mol. The number of para-hydroxylation sites is 2. The highest BCUT2D eigenvalue weighted by molar-refractivity contribution is 9.11. The molecule has 1 aliphatic carbocycles. The van der Waals surface area contributed by atoms with Gasteiger partial charge in [0.25, 0.3) is 0 Å². The lowest BCUT2D eigenvalue weighted by atomic mass is 9.74. The number of rotatable bonds is 2. The van der Waals surface area contributed by atoms with Crippen molar-refractivity contribution in [3.8, 4) is 0 Å². The van der Waals surface area contributed by atoms with Crippen molar-refractivity contribution in [1.82, 2.24) is 0 Å². The third-order valence-corrected chi connectivity index (χ3v) is 6.39. The minimum absolute atomic E-state index is 0.0586. The number of anilines is 2. The molecule has 1 aliphatic heterocycles. The third kappa shape index (κ3) is 4.62. The monoisotopic (exact) mass is 518 g/mol. The summed E-state index contributed by atoms with van der Waals surface area (Å²) in [5.41, 5.74) is 1.45. The molecule has 172 valence electrons. The topological polar surface area (TPSA) is 49.4 Å². The maximum absolute atomic E-state index is 13.8. The molecule has 0 aromatic heterocycles. The number of hydrogen-bond acceptors (Lipinski definition) is 3. The maximum atomic E-state index is 13.8. The second-order valence-corrected chi connectivity index (χ2v) is 9.91. The Bertz CT molecular complexity index is 1170. The number of Topliss-reactive ketones (excluding diaryl/α,β-unsaturated/α-hetero) is 1. The van der Waals surface area contributed by atoms with Crippen LogP contribution in [-0.4, -0.2) is 23.9 Å². The van der Waals surface area contributed by atoms with E-state index in [0.29, 0.717) is 22.7 Å². The quantitative estimate of drug-likeness (QED) is 0.496. The van der Waals surface area contributed by atoms with Crippen LogP contribution in [0, 0.1) is 5.41 Å². The molecule has 8 heteroatoms. The molecular weight excluding hydrogens is 497 g/mol. The van der Waals surface area contributed by atoms with Gasteiger partial charge in [0.1, 0.15) is 0 Å². The summed E-state index contributed by atoms with van der Waals surface area (Å²) in [6.07, 6.45) is -2.86. The number of fused-ring (bicyclic) bond motifs is 1. The van der Waals surface area contributed by atoms with E-state index in [9.17, 15) is 22.8 Å². The number of alkyl halides is 3. The van der Waals surface area contributed by atoms with Crippen LogP contribution in [0.4, 0.5) is 24.5 Å². The second-order valence-electron chi connectivity index (χ2n) is 8.99. The predicted octanol–water partition coefficient (Wildman–Crippen LogP) is 6.46. The van der Waals surface area contributed by atoms with Crippen molar-refractivity contribution in [3.05, 3.63) is 75.9 Å². The normalized spacial score (nSPS) is 20.5. The summed E-state index contributed by atoms with van der Waals surface area (Å²) in [7, 11) is 0. The van der Waals surface area contributed by atoms with Crippen molar-refractivity contribution in [1.29, 1.82) is 0 Å². The van der Waals surface area contributed by atoms with Crippen molar-refractivity contribution in [2.24, 2.45) is 5.41 Å². The van der Waals surface area contributed by atoms with Gasteiger partial charge in [-0.15, -0.1) is 0 Å². The van der Waals surface area contributed by atoms with Crippen molar-refractivity contribution in [2.75, 3.05) is 10.2 Å². The van der Waals surface area contributed by atoms with Gasteiger partial charge in [0.15, 0.2) is 5.78 Å². The molecule has 33 heavy (non-hydrogen) atoms. The first-order valence-corrected chi connectivity index (χ1v) is 11.2. The number of allylic oxidation sites excluding steroid dienone is 1. The van der Waals surface area contributed by atoms with Gasteiger partial charge in [-0.1, -0.05) is 72.2 Å². The molecule has 4 nitrogen and oxygen atoms in total. The summed E-state index contributed by atoms with van der Waals surface area (Å²) in [6, 6.07) is 14.0. The van der Waals surface area contributed by atoms with Crippen molar-refractivity contribution < 1.29 is 22.8 Å². The van der Waals surface area contributed by atoms with Crippen LogP contribution in [0.1, 0.15) is 32.3 Å². The molecule has 2 aromatic rings. The van der Waals surface area contributed by atoms with Gasteiger partial charge in [-0.25, -0.2) is 0 Å². The van der Waals surface area contributed by atoms with Gasteiger partial charge in [-0.3, -0.25) is 14.5 Å². The van der Waals surface area contributed by atoms with Gasteiger partial charge in [-0.2, -0.15) is 13.2 Å². The molecule has 0 saturated carbocycles. The fourth-order valence-corrected chi connectivity index (χ4v) is 5.09. The van der Waals surface area contributed by atoms with E-state index >= 15 is 0 Å². The van der Waals surface area contributed by atoms with Crippen LogP contribution in [0.5, 0.6) is 0 Å². The number of carbonyl (C=O) groups excluding carboxylic acids is 2. The minimum Gasteiger partial charge on any atom is -0.357 e. The van der Waals surface area contributed by atoms with Gasteiger partial charge >= 0.3 is 12.1 Å². The molecule has 0 fully saturated rings. The largest absolute Gasteiger partial charge is 0.471 e. The molecule has 1 amide bonds. The highest BCUT2D eigenvalue weighted by Gasteiger charge is 2.50. The number of benzene rings is 2. The molecule has 1 N–H and O–H groups in total. The van der Waals surface area contributed by atoms with Crippen molar-refractivity contribution in [3.63, 3.8) is 0 Å². The highest BCUT2D eigenvalue weighted by atomic mass is 79.9. The molecule has 4 rings (SSSR count).